The number of benzene rings is 1. The molecule has 0 aliphatic heterocycles. The van der Waals surface area contributed by atoms with Crippen LogP contribution in [0.3, 0.4) is 0 Å². The van der Waals surface area contributed by atoms with Crippen molar-refractivity contribution in [2.45, 2.75) is 20.4 Å². The Balaban J connectivity index is 2.23. The molecule has 1 aromatic carbocycles. The van der Waals surface area contributed by atoms with E-state index in [1.807, 2.05) is 32.0 Å². The van der Waals surface area contributed by atoms with E-state index in [2.05, 4.69) is 10.2 Å². The third-order valence-electron chi connectivity index (χ3n) is 2.38. The van der Waals surface area contributed by atoms with Crippen LogP contribution in [-0.4, -0.2) is 10.2 Å². The van der Waals surface area contributed by atoms with Gasteiger partial charge in [-0.3, -0.25) is 0 Å². The molecule has 0 fully saturated rings. The van der Waals surface area contributed by atoms with Gasteiger partial charge in [-0.15, -0.1) is 5.10 Å². The average Bonchev–Trinajstić information content (AvgIpc) is 2.73. The first kappa shape index (κ1) is 11.0. The van der Waals surface area contributed by atoms with Crippen molar-refractivity contribution >= 4 is 11.3 Å². The lowest BCUT2D eigenvalue weighted by atomic mass is 10.1. The molecule has 84 valence electrons. The van der Waals surface area contributed by atoms with Gasteiger partial charge in [0.1, 0.15) is 10.8 Å². The zero-order chi connectivity index (χ0) is 11.5. The minimum atomic E-state index is 0.397. The van der Waals surface area contributed by atoms with Gasteiger partial charge in [-0.05, 0) is 31.0 Å². The Morgan fingerprint density at radius 1 is 1.31 bits per heavy atom. The van der Waals surface area contributed by atoms with E-state index in [9.17, 15) is 0 Å². The Kier molecular flexibility index (Phi) is 3.17. The topological polar surface area (TPSA) is 61.0 Å². The fraction of sp³-hybridized carbons (Fsp3) is 0.273. The van der Waals surface area contributed by atoms with Crippen LogP contribution in [0.15, 0.2) is 18.2 Å². The van der Waals surface area contributed by atoms with Gasteiger partial charge in [0.2, 0.25) is 0 Å². The molecule has 0 radical (unpaired) electrons. The van der Waals surface area contributed by atoms with Crippen LogP contribution in [-0.2, 0) is 6.54 Å². The largest absolute Gasteiger partial charge is 0.430 e. The second-order valence-corrected chi connectivity index (χ2v) is 4.49. The predicted octanol–water partition coefficient (Wildman–Crippen LogP) is 2.41. The number of nitrogens with zero attached hydrogens (tertiary/aromatic N) is 2. The van der Waals surface area contributed by atoms with E-state index in [4.69, 9.17) is 10.5 Å². The number of ether oxygens (including phenoxy) is 1. The summed E-state index contributed by atoms with van der Waals surface area (Å²) < 4.78 is 5.66. The van der Waals surface area contributed by atoms with Crippen molar-refractivity contribution in [1.29, 1.82) is 0 Å². The molecular formula is C11H13N3OS. The van der Waals surface area contributed by atoms with Gasteiger partial charge in [-0.25, -0.2) is 0 Å². The second-order valence-electron chi connectivity index (χ2n) is 3.47. The monoisotopic (exact) mass is 235 g/mol. The average molecular weight is 235 g/mol. The summed E-state index contributed by atoms with van der Waals surface area (Å²) >= 11 is 1.37. The van der Waals surface area contributed by atoms with Crippen molar-refractivity contribution < 1.29 is 4.74 Å². The molecule has 0 atom stereocenters. The van der Waals surface area contributed by atoms with Crippen LogP contribution in [0.25, 0.3) is 0 Å². The zero-order valence-corrected chi connectivity index (χ0v) is 10.0. The van der Waals surface area contributed by atoms with Crippen LogP contribution in [0.1, 0.15) is 16.1 Å². The number of aromatic nitrogens is 2. The second kappa shape index (κ2) is 4.59. The van der Waals surface area contributed by atoms with Crippen LogP contribution >= 0.6 is 11.3 Å². The summed E-state index contributed by atoms with van der Waals surface area (Å²) in [4.78, 5) is 0. The van der Waals surface area contributed by atoms with E-state index in [0.29, 0.717) is 11.7 Å². The molecule has 0 aliphatic carbocycles. The van der Waals surface area contributed by atoms with E-state index in [1.54, 1.807) is 0 Å². The maximum Gasteiger partial charge on any atom is 0.299 e. The first-order chi connectivity index (χ1) is 7.70. The van der Waals surface area contributed by atoms with E-state index >= 15 is 0 Å². The Labute approximate surface area is 98.1 Å². The molecule has 0 saturated heterocycles. The third kappa shape index (κ3) is 2.20. The highest BCUT2D eigenvalue weighted by Gasteiger charge is 2.07. The summed E-state index contributed by atoms with van der Waals surface area (Å²) in [6, 6.07) is 5.93. The summed E-state index contributed by atoms with van der Waals surface area (Å²) in [6.07, 6.45) is 0. The van der Waals surface area contributed by atoms with Crippen molar-refractivity contribution in [3.8, 4) is 10.9 Å². The molecule has 0 spiro atoms. The highest BCUT2D eigenvalue weighted by atomic mass is 32.1. The first-order valence-corrected chi connectivity index (χ1v) is 5.79. The highest BCUT2D eigenvalue weighted by Crippen LogP contribution is 2.28. The molecule has 16 heavy (non-hydrogen) atoms. The van der Waals surface area contributed by atoms with Crippen LogP contribution in [0.5, 0.6) is 10.9 Å². The Hall–Kier alpha value is -1.46. The van der Waals surface area contributed by atoms with Gasteiger partial charge < -0.3 is 10.5 Å². The maximum absolute atomic E-state index is 5.66. The van der Waals surface area contributed by atoms with Gasteiger partial charge in [-0.1, -0.05) is 28.6 Å². The summed E-state index contributed by atoms with van der Waals surface area (Å²) in [5, 5.41) is 9.14. The minimum absolute atomic E-state index is 0.397. The fourth-order valence-corrected chi connectivity index (χ4v) is 1.87. The smallest absolute Gasteiger partial charge is 0.299 e. The molecule has 0 bridgehead atoms. The van der Waals surface area contributed by atoms with Crippen molar-refractivity contribution in [3.63, 3.8) is 0 Å². The van der Waals surface area contributed by atoms with Crippen LogP contribution in [0, 0.1) is 13.8 Å². The summed E-state index contributed by atoms with van der Waals surface area (Å²) in [5.74, 6) is 0.819. The molecule has 0 amide bonds. The molecule has 1 heterocycles. The summed E-state index contributed by atoms with van der Waals surface area (Å²) in [6.45, 7) is 4.47. The third-order valence-corrected chi connectivity index (χ3v) is 3.20. The fourth-order valence-electron chi connectivity index (χ4n) is 1.29. The lowest BCUT2D eigenvalue weighted by Crippen LogP contribution is -1.94. The molecule has 2 aromatic rings. The number of aryl methyl sites for hydroxylation is 1. The number of nitrogens with two attached hydrogens (primary N) is 1. The van der Waals surface area contributed by atoms with Gasteiger partial charge in [0.25, 0.3) is 5.19 Å². The quantitative estimate of drug-likeness (QED) is 0.887. The standard InChI is InChI=1S/C11H13N3OS/c1-7-4-3-5-9(8(7)2)15-11-14-13-10(6-12)16-11/h3-5H,6,12H2,1-2H3. The van der Waals surface area contributed by atoms with Crippen molar-refractivity contribution in [2.75, 3.05) is 0 Å². The molecule has 4 nitrogen and oxygen atoms in total. The molecule has 0 unspecified atom stereocenters. The normalized spacial score (nSPS) is 10.4. The van der Waals surface area contributed by atoms with Crippen LogP contribution in [0.2, 0.25) is 0 Å². The van der Waals surface area contributed by atoms with Gasteiger partial charge >= 0.3 is 0 Å². The maximum atomic E-state index is 5.66. The number of rotatable bonds is 3. The van der Waals surface area contributed by atoms with Crippen LogP contribution < -0.4 is 10.5 Å². The lowest BCUT2D eigenvalue weighted by molar-refractivity contribution is 0.469. The number of hydrogen-bond acceptors (Lipinski definition) is 5. The van der Waals surface area contributed by atoms with Crippen LogP contribution in [0.4, 0.5) is 0 Å². The van der Waals surface area contributed by atoms with Crippen molar-refractivity contribution in [3.05, 3.63) is 34.3 Å². The first-order valence-electron chi connectivity index (χ1n) is 4.97. The van der Waals surface area contributed by atoms with Gasteiger partial charge in [0.05, 0.1) is 0 Å². The molecule has 1 aromatic heterocycles. The van der Waals surface area contributed by atoms with Gasteiger partial charge in [-0.2, -0.15) is 0 Å². The highest BCUT2D eigenvalue weighted by molar-refractivity contribution is 7.13. The Morgan fingerprint density at radius 3 is 2.81 bits per heavy atom. The summed E-state index contributed by atoms with van der Waals surface area (Å²) in [5.41, 5.74) is 7.78. The lowest BCUT2D eigenvalue weighted by Gasteiger charge is -2.06. The van der Waals surface area contributed by atoms with E-state index in [1.165, 1.54) is 16.9 Å². The summed E-state index contributed by atoms with van der Waals surface area (Å²) in [7, 11) is 0. The van der Waals surface area contributed by atoms with Crippen molar-refractivity contribution in [1.82, 2.24) is 10.2 Å². The number of hydrogen-bond donors (Lipinski definition) is 1. The minimum Gasteiger partial charge on any atom is -0.430 e. The molecular weight excluding hydrogens is 222 g/mol. The van der Waals surface area contributed by atoms with Gasteiger partial charge in [0.15, 0.2) is 0 Å². The predicted molar refractivity (Wildman–Crippen MR) is 63.8 cm³/mol. The molecule has 0 aliphatic rings. The van der Waals surface area contributed by atoms with E-state index < -0.39 is 0 Å². The molecule has 2 N–H and O–H groups in total. The zero-order valence-electron chi connectivity index (χ0n) is 9.23. The van der Waals surface area contributed by atoms with E-state index in [-0.39, 0.29) is 0 Å². The molecule has 0 saturated carbocycles. The van der Waals surface area contributed by atoms with Gasteiger partial charge in [0, 0.05) is 6.54 Å². The Bertz CT molecular complexity index is 496. The van der Waals surface area contributed by atoms with E-state index in [0.717, 1.165) is 16.3 Å². The Morgan fingerprint density at radius 2 is 2.12 bits per heavy atom. The molecule has 2 rings (SSSR count). The molecule has 5 heteroatoms. The van der Waals surface area contributed by atoms with Crippen molar-refractivity contribution in [2.24, 2.45) is 5.73 Å². The SMILES string of the molecule is Cc1cccc(Oc2nnc(CN)s2)c1C.